The number of likely N-dealkylation sites (tertiary alicyclic amines) is 1. The Kier molecular flexibility index (Phi) is 6.27. The van der Waals surface area contributed by atoms with Crippen molar-refractivity contribution >= 4 is 23.4 Å². The number of nitrogens with one attached hydrogen (secondary N) is 1. The molecule has 0 radical (unpaired) electrons. The first-order valence-corrected chi connectivity index (χ1v) is 9.61. The second kappa shape index (κ2) is 8.84. The van der Waals surface area contributed by atoms with E-state index in [1.54, 1.807) is 0 Å². The van der Waals surface area contributed by atoms with Gasteiger partial charge in [0.05, 0.1) is 11.8 Å². The molecule has 1 N–H and O–H groups in total. The largest absolute Gasteiger partial charge is 0.375 e. The van der Waals surface area contributed by atoms with Gasteiger partial charge in [0.2, 0.25) is 17.7 Å². The first kappa shape index (κ1) is 19.1. The Morgan fingerprint density at radius 3 is 2.37 bits per heavy atom. The Balaban J connectivity index is 1.35. The van der Waals surface area contributed by atoms with Crippen molar-refractivity contribution in [3.63, 3.8) is 0 Å². The van der Waals surface area contributed by atoms with E-state index in [9.17, 15) is 14.4 Å². The summed E-state index contributed by atoms with van der Waals surface area (Å²) in [4.78, 5) is 40.2. The molecule has 0 unspecified atom stereocenters. The van der Waals surface area contributed by atoms with Gasteiger partial charge in [0.1, 0.15) is 0 Å². The Bertz CT molecular complexity index is 691. The van der Waals surface area contributed by atoms with Crippen molar-refractivity contribution in [2.75, 3.05) is 31.6 Å². The fourth-order valence-corrected chi connectivity index (χ4v) is 3.75. The van der Waals surface area contributed by atoms with E-state index >= 15 is 0 Å². The Morgan fingerprint density at radius 1 is 1.11 bits per heavy atom. The average Bonchev–Trinajstić information content (AvgIpc) is 2.94. The van der Waals surface area contributed by atoms with Gasteiger partial charge in [-0.05, 0) is 31.4 Å². The summed E-state index contributed by atoms with van der Waals surface area (Å²) in [5.74, 6) is -0.803. The average molecular weight is 369 g/mol. The first-order valence-electron chi connectivity index (χ1n) is 9.61. The SMILES string of the molecule is CN(CCCNC(=O)CCN1C(=O)[C@H]2CC=CC[C@H]2C1=O)c1ccccc1. The molecular weight excluding hydrogens is 342 g/mol. The molecule has 0 bridgehead atoms. The van der Waals surface area contributed by atoms with Crippen LogP contribution in [0.1, 0.15) is 25.7 Å². The zero-order valence-electron chi connectivity index (χ0n) is 15.8. The molecule has 1 aliphatic heterocycles. The molecular formula is C21H27N3O3. The standard InChI is InChI=1S/C21H27N3O3/c1-23(16-8-3-2-4-9-16)14-7-13-22-19(25)12-15-24-20(26)17-10-5-6-11-18(17)21(24)27/h2-6,8-9,17-18H,7,10-15H2,1H3,(H,22,25)/t17-,18+. The van der Waals surface area contributed by atoms with E-state index < -0.39 is 0 Å². The van der Waals surface area contributed by atoms with Crippen LogP contribution in [0.15, 0.2) is 42.5 Å². The number of para-hydroxylation sites is 1. The van der Waals surface area contributed by atoms with Gasteiger partial charge in [0.15, 0.2) is 0 Å². The van der Waals surface area contributed by atoms with Crippen molar-refractivity contribution in [3.05, 3.63) is 42.5 Å². The lowest BCUT2D eigenvalue weighted by atomic mass is 9.85. The van der Waals surface area contributed by atoms with E-state index in [4.69, 9.17) is 0 Å². The van der Waals surface area contributed by atoms with Crippen LogP contribution in [0.4, 0.5) is 5.69 Å². The van der Waals surface area contributed by atoms with Crippen LogP contribution in [0.5, 0.6) is 0 Å². The summed E-state index contributed by atoms with van der Waals surface area (Å²) in [6.07, 6.45) is 6.19. The number of carbonyl (C=O) groups is 3. The van der Waals surface area contributed by atoms with Gasteiger partial charge in [-0.3, -0.25) is 19.3 Å². The maximum absolute atomic E-state index is 12.4. The number of benzene rings is 1. The lowest BCUT2D eigenvalue weighted by molar-refractivity contribution is -0.140. The predicted octanol–water partition coefficient (Wildman–Crippen LogP) is 1.97. The van der Waals surface area contributed by atoms with E-state index in [-0.39, 0.29) is 42.5 Å². The van der Waals surface area contributed by atoms with Crippen LogP contribution in [-0.2, 0) is 14.4 Å². The Morgan fingerprint density at radius 2 is 1.74 bits per heavy atom. The van der Waals surface area contributed by atoms with Crippen LogP contribution in [0.25, 0.3) is 0 Å². The van der Waals surface area contributed by atoms with Crippen molar-refractivity contribution in [1.29, 1.82) is 0 Å². The third-order valence-electron chi connectivity index (χ3n) is 5.35. The van der Waals surface area contributed by atoms with Crippen LogP contribution < -0.4 is 10.2 Å². The van der Waals surface area contributed by atoms with Gasteiger partial charge in [-0.2, -0.15) is 0 Å². The van der Waals surface area contributed by atoms with Crippen molar-refractivity contribution in [2.45, 2.75) is 25.7 Å². The summed E-state index contributed by atoms with van der Waals surface area (Å²) in [6.45, 7) is 1.59. The Hall–Kier alpha value is -2.63. The zero-order chi connectivity index (χ0) is 19.2. The number of rotatable bonds is 8. The summed E-state index contributed by atoms with van der Waals surface area (Å²) >= 11 is 0. The van der Waals surface area contributed by atoms with E-state index in [0.717, 1.165) is 18.7 Å². The third kappa shape index (κ3) is 4.56. The lowest BCUT2D eigenvalue weighted by Crippen LogP contribution is -2.36. The number of nitrogens with zero attached hydrogens (tertiary/aromatic N) is 2. The summed E-state index contributed by atoms with van der Waals surface area (Å²) < 4.78 is 0. The number of anilines is 1. The van der Waals surface area contributed by atoms with Crippen molar-refractivity contribution in [2.24, 2.45) is 11.8 Å². The maximum Gasteiger partial charge on any atom is 0.233 e. The molecule has 1 fully saturated rings. The summed E-state index contributed by atoms with van der Waals surface area (Å²) in [5, 5.41) is 2.88. The second-order valence-corrected chi connectivity index (χ2v) is 7.19. The molecule has 0 spiro atoms. The number of allylic oxidation sites excluding steroid dienone is 2. The lowest BCUT2D eigenvalue weighted by Gasteiger charge is -2.19. The molecule has 3 rings (SSSR count). The van der Waals surface area contributed by atoms with Gasteiger partial charge < -0.3 is 10.2 Å². The highest BCUT2D eigenvalue weighted by Crippen LogP contribution is 2.34. The van der Waals surface area contributed by atoms with E-state index in [1.807, 2.05) is 37.4 Å². The number of fused-ring (bicyclic) bond motifs is 1. The fourth-order valence-electron chi connectivity index (χ4n) is 3.75. The molecule has 1 saturated heterocycles. The van der Waals surface area contributed by atoms with Gasteiger partial charge in [0, 0.05) is 38.8 Å². The molecule has 1 aliphatic carbocycles. The normalized spacial score (nSPS) is 21.3. The summed E-state index contributed by atoms with van der Waals surface area (Å²) in [6, 6.07) is 10.1. The molecule has 1 heterocycles. The van der Waals surface area contributed by atoms with Crippen LogP contribution in [0, 0.1) is 11.8 Å². The highest BCUT2D eigenvalue weighted by Gasteiger charge is 2.46. The molecule has 2 atom stereocenters. The Labute approximate surface area is 160 Å². The quantitative estimate of drug-likeness (QED) is 0.432. The molecule has 3 amide bonds. The molecule has 6 heteroatoms. The van der Waals surface area contributed by atoms with E-state index in [0.29, 0.717) is 19.4 Å². The van der Waals surface area contributed by atoms with Gasteiger partial charge in [-0.25, -0.2) is 0 Å². The minimum absolute atomic E-state index is 0.119. The maximum atomic E-state index is 12.4. The van der Waals surface area contributed by atoms with Crippen molar-refractivity contribution < 1.29 is 14.4 Å². The number of imide groups is 1. The monoisotopic (exact) mass is 369 g/mol. The molecule has 2 aliphatic rings. The zero-order valence-corrected chi connectivity index (χ0v) is 15.8. The van der Waals surface area contributed by atoms with Crippen molar-refractivity contribution in [3.8, 4) is 0 Å². The van der Waals surface area contributed by atoms with Gasteiger partial charge >= 0.3 is 0 Å². The molecule has 27 heavy (non-hydrogen) atoms. The van der Waals surface area contributed by atoms with Crippen LogP contribution in [0.2, 0.25) is 0 Å². The minimum atomic E-state index is -0.223. The smallest absolute Gasteiger partial charge is 0.233 e. The predicted molar refractivity (Wildman–Crippen MR) is 104 cm³/mol. The highest BCUT2D eigenvalue weighted by molar-refractivity contribution is 6.05. The number of carbonyl (C=O) groups excluding carboxylic acids is 3. The van der Waals surface area contributed by atoms with Crippen molar-refractivity contribution in [1.82, 2.24) is 10.2 Å². The minimum Gasteiger partial charge on any atom is -0.375 e. The molecule has 1 aromatic carbocycles. The summed E-state index contributed by atoms with van der Waals surface area (Å²) in [7, 11) is 2.02. The third-order valence-corrected chi connectivity index (χ3v) is 5.35. The fraction of sp³-hybridized carbons (Fsp3) is 0.476. The summed E-state index contributed by atoms with van der Waals surface area (Å²) in [5.41, 5.74) is 1.14. The van der Waals surface area contributed by atoms with Crippen LogP contribution in [0.3, 0.4) is 0 Å². The second-order valence-electron chi connectivity index (χ2n) is 7.19. The first-order chi connectivity index (χ1) is 13.1. The molecule has 144 valence electrons. The van der Waals surface area contributed by atoms with Gasteiger partial charge in [0.25, 0.3) is 0 Å². The number of hydrogen-bond acceptors (Lipinski definition) is 4. The van der Waals surface area contributed by atoms with Gasteiger partial charge in [-0.1, -0.05) is 30.4 Å². The van der Waals surface area contributed by atoms with Crippen LogP contribution >= 0.6 is 0 Å². The molecule has 6 nitrogen and oxygen atoms in total. The number of hydrogen-bond donors (Lipinski definition) is 1. The molecule has 0 aromatic heterocycles. The van der Waals surface area contributed by atoms with Gasteiger partial charge in [-0.15, -0.1) is 0 Å². The van der Waals surface area contributed by atoms with E-state index in [2.05, 4.69) is 22.3 Å². The van der Waals surface area contributed by atoms with Crippen LogP contribution in [-0.4, -0.2) is 49.3 Å². The molecule has 1 aromatic rings. The highest BCUT2D eigenvalue weighted by atomic mass is 16.2. The molecule has 0 saturated carbocycles. The topological polar surface area (TPSA) is 69.7 Å². The number of amides is 3. The van der Waals surface area contributed by atoms with E-state index in [1.165, 1.54) is 4.90 Å².